The largest absolute Gasteiger partial charge is 0.311 e. The fraction of sp³-hybridized carbons (Fsp3) is 0.118. The van der Waals surface area contributed by atoms with Gasteiger partial charge in [-0.05, 0) is 214 Å². The van der Waals surface area contributed by atoms with Gasteiger partial charge in [-0.2, -0.15) is 0 Å². The van der Waals surface area contributed by atoms with E-state index < -0.39 is 67.1 Å². The van der Waals surface area contributed by atoms with Crippen LogP contribution >= 0.6 is 0 Å². The zero-order chi connectivity index (χ0) is 85.1. The predicted molar refractivity (Wildman–Crippen MR) is 458 cm³/mol. The van der Waals surface area contributed by atoms with Gasteiger partial charge in [-0.1, -0.05) is 305 Å². The van der Waals surface area contributed by atoms with Gasteiger partial charge in [-0.25, -0.2) is 0 Å². The maximum atomic E-state index is 10.1. The van der Waals surface area contributed by atoms with Crippen molar-refractivity contribution in [2.75, 3.05) is 14.7 Å². The third-order valence-electron chi connectivity index (χ3n) is 21.2. The van der Waals surface area contributed by atoms with Crippen LogP contribution in [0.1, 0.15) is 98.2 Å². The quantitative estimate of drug-likeness (QED) is 0.113. The van der Waals surface area contributed by atoms with Crippen LogP contribution in [0.25, 0.3) is 94.3 Å². The van der Waals surface area contributed by atoms with Gasteiger partial charge in [0.2, 0.25) is 0 Å². The molecule has 107 heavy (non-hydrogen) atoms. The van der Waals surface area contributed by atoms with Crippen LogP contribution < -0.4 is 31.1 Å². The number of hydrogen-bond acceptors (Lipinski definition) is 3. The van der Waals surface area contributed by atoms with Gasteiger partial charge in [-0.15, -0.1) is 0 Å². The summed E-state index contributed by atoms with van der Waals surface area (Å²) in [4.78, 5) is 6.37. The van der Waals surface area contributed by atoms with Crippen molar-refractivity contribution in [2.45, 2.75) is 78.6 Å². The summed E-state index contributed by atoms with van der Waals surface area (Å²) in [6.07, 6.45) is 0. The van der Waals surface area contributed by atoms with Crippen LogP contribution in [0.2, 0.25) is 0 Å². The first-order valence-electron chi connectivity index (χ1n) is 43.6. The van der Waals surface area contributed by atoms with Crippen molar-refractivity contribution < 1.29 is 19.2 Å². The molecule has 0 amide bonds. The SMILES string of the molecule is [2H]c1c([2H])c([2H])c(-c2ccc3c(c2)N(c2c(-c4ccccc4)cc(C(C)(C)C)cc2-c2ccccc2)c2cc(-c4cc(C(C)(C)C)cc(C(C)(C)C)c4)cc4c2B3c2ccc(-n3c5ccc(N(c6ccccc6)c6c([2H])c([2H])c([2H])c([2H])c6[2H])cc5c5c([2H])c([2H])c([2H])c([2H])c53)cc2N4c2cc(-c3ccccc3)cc(-c3ccccc3)c2)c([2H])c1[2H]. The normalized spacial score (nSPS) is 14.5. The Morgan fingerprint density at radius 2 is 0.757 bits per heavy atom. The summed E-state index contributed by atoms with van der Waals surface area (Å²) in [6, 6.07) is 85.1. The van der Waals surface area contributed by atoms with E-state index in [0.717, 1.165) is 111 Å². The molecule has 0 spiro atoms. The van der Waals surface area contributed by atoms with E-state index in [9.17, 15) is 13.7 Å². The topological polar surface area (TPSA) is 14.7 Å². The first kappa shape index (κ1) is 52.5. The maximum absolute atomic E-state index is 10.1. The number of para-hydroxylation sites is 3. The van der Waals surface area contributed by atoms with Gasteiger partial charge in [0.15, 0.2) is 0 Å². The van der Waals surface area contributed by atoms with Gasteiger partial charge in [-0.3, -0.25) is 0 Å². The zero-order valence-electron chi connectivity index (χ0n) is 75.3. The van der Waals surface area contributed by atoms with Crippen molar-refractivity contribution in [3.8, 4) is 72.4 Å². The lowest BCUT2D eigenvalue weighted by molar-refractivity contribution is 0.569. The Balaban J connectivity index is 1.02. The fourth-order valence-electron chi connectivity index (χ4n) is 15.8. The van der Waals surface area contributed by atoms with E-state index in [2.05, 4.69) is 224 Å². The van der Waals surface area contributed by atoms with Crippen molar-refractivity contribution in [1.82, 2.24) is 4.57 Å². The van der Waals surface area contributed by atoms with Gasteiger partial charge in [0, 0.05) is 73.1 Å². The van der Waals surface area contributed by atoms with Gasteiger partial charge in [0.05, 0.1) is 35.9 Å². The minimum Gasteiger partial charge on any atom is -0.311 e. The second-order valence-electron chi connectivity index (χ2n) is 31.2. The van der Waals surface area contributed by atoms with Crippen molar-refractivity contribution in [2.24, 2.45) is 0 Å². The molecule has 4 nitrogen and oxygen atoms in total. The highest BCUT2D eigenvalue weighted by atomic mass is 15.2. The number of benzene rings is 15. The number of anilines is 9. The lowest BCUT2D eigenvalue weighted by Gasteiger charge is -2.45. The molecule has 2 aliphatic heterocycles. The molecule has 516 valence electrons. The van der Waals surface area contributed by atoms with E-state index in [1.165, 1.54) is 0 Å². The standard InChI is InChI=1S/C102H85BN4/c1-100(2,3)78-56-76(57-79(63-78)101(4,5)6)77-61-96-98-97(62-77)107(99-87(71-39-23-13-24-40-71)64-80(102(7,8)9)65-88(99)72-41-25-14-26-42-72)94-60-73(68-33-17-10-18-34-68)49-52-90(94)103(98)91-53-50-84(67-95(91)106(96)85-58-74(69-35-19-11-20-36-69)55-75(59-85)70-37-21-12-22-38-70)105-92-48-32-31-47-86(92)89-66-83(51-54-93(89)105)104(81-43-27-15-28-44-81)82-45-29-16-30-46-82/h10-67H,1-9H3/i10D,15D,17D,18D,27D,28D,31D,32D,33D,34D,43D,44D,47D,48D. The molecule has 3 heterocycles. The Morgan fingerprint density at radius 3 is 1.33 bits per heavy atom. The van der Waals surface area contributed by atoms with Crippen LogP contribution in [-0.2, 0) is 16.2 Å². The zero-order valence-corrected chi connectivity index (χ0v) is 61.3. The highest BCUT2D eigenvalue weighted by Crippen LogP contribution is 2.54. The Labute approximate surface area is 650 Å². The van der Waals surface area contributed by atoms with Gasteiger partial charge >= 0.3 is 0 Å². The number of aromatic nitrogens is 1. The maximum Gasteiger partial charge on any atom is 0.252 e. The number of nitrogens with zero attached hydrogens (tertiary/aromatic N) is 4. The third kappa shape index (κ3) is 12.0. The second kappa shape index (κ2) is 26.3. The number of hydrogen-bond donors (Lipinski definition) is 0. The van der Waals surface area contributed by atoms with E-state index >= 15 is 0 Å². The molecule has 0 atom stereocenters. The summed E-state index contributed by atoms with van der Waals surface area (Å²) in [5.74, 6) is 0. The summed E-state index contributed by atoms with van der Waals surface area (Å²) in [5.41, 5.74) is 21.3. The molecule has 18 rings (SSSR count). The van der Waals surface area contributed by atoms with Gasteiger partial charge in [0.25, 0.3) is 6.71 Å². The van der Waals surface area contributed by atoms with Gasteiger partial charge < -0.3 is 19.3 Å². The van der Waals surface area contributed by atoms with Crippen LogP contribution in [0.15, 0.2) is 352 Å². The molecule has 0 fully saturated rings. The van der Waals surface area contributed by atoms with Crippen LogP contribution in [0.5, 0.6) is 0 Å². The third-order valence-corrected chi connectivity index (χ3v) is 21.2. The van der Waals surface area contributed by atoms with Crippen molar-refractivity contribution >= 4 is 96.1 Å². The fourth-order valence-corrected chi connectivity index (χ4v) is 15.8. The minimum absolute atomic E-state index is 0.0443. The Bertz CT molecular complexity index is 6750. The van der Waals surface area contributed by atoms with E-state index in [1.54, 1.807) is 41.3 Å². The van der Waals surface area contributed by atoms with Crippen LogP contribution in [0, 0.1) is 0 Å². The molecule has 16 aromatic rings. The molecular formula is C102H85BN4. The summed E-state index contributed by atoms with van der Waals surface area (Å²) >= 11 is 0. The molecule has 0 bridgehead atoms. The highest BCUT2D eigenvalue weighted by molar-refractivity contribution is 7.00. The monoisotopic (exact) mass is 1390 g/mol. The molecule has 0 saturated heterocycles. The molecular weight excluding hydrogens is 1290 g/mol. The Kier molecular flexibility index (Phi) is 12.9. The minimum atomic E-state index is -0.658. The molecule has 0 aliphatic carbocycles. The molecule has 0 unspecified atom stereocenters. The van der Waals surface area contributed by atoms with Crippen molar-refractivity contribution in [3.05, 3.63) is 368 Å². The van der Waals surface area contributed by atoms with E-state index in [1.807, 2.05) is 83.4 Å². The lowest BCUT2D eigenvalue weighted by Crippen LogP contribution is -2.61. The summed E-state index contributed by atoms with van der Waals surface area (Å²) < 4.78 is 133. The molecule has 2 aliphatic rings. The molecule has 15 aromatic carbocycles. The van der Waals surface area contributed by atoms with E-state index in [-0.39, 0.29) is 62.6 Å². The number of rotatable bonds is 12. The average molecular weight is 1390 g/mol. The van der Waals surface area contributed by atoms with Crippen LogP contribution in [0.4, 0.5) is 51.2 Å². The summed E-state index contributed by atoms with van der Waals surface area (Å²) in [5, 5.41) is 0.589. The van der Waals surface area contributed by atoms with Crippen molar-refractivity contribution in [1.29, 1.82) is 0 Å². The Morgan fingerprint density at radius 1 is 0.290 bits per heavy atom. The number of fused-ring (bicyclic) bond motifs is 7. The second-order valence-corrected chi connectivity index (χ2v) is 31.2. The average Bonchev–Trinajstić information content (AvgIpc) is 1.39. The summed E-state index contributed by atoms with van der Waals surface area (Å²) in [7, 11) is 0. The first-order chi connectivity index (χ1) is 57.8. The van der Waals surface area contributed by atoms with E-state index in [0.29, 0.717) is 44.9 Å². The molecule has 0 radical (unpaired) electrons. The van der Waals surface area contributed by atoms with Gasteiger partial charge in [0.1, 0.15) is 0 Å². The molecule has 0 N–H and O–H groups in total. The summed E-state index contributed by atoms with van der Waals surface area (Å²) in [6.45, 7) is 19.5. The van der Waals surface area contributed by atoms with E-state index in [4.69, 9.17) is 5.48 Å². The van der Waals surface area contributed by atoms with Crippen LogP contribution in [-0.4, -0.2) is 11.3 Å². The lowest BCUT2D eigenvalue weighted by atomic mass is 9.33. The van der Waals surface area contributed by atoms with Crippen molar-refractivity contribution in [3.63, 3.8) is 0 Å². The predicted octanol–water partition coefficient (Wildman–Crippen LogP) is 26.2. The smallest absolute Gasteiger partial charge is 0.252 e. The molecule has 5 heteroatoms. The first-order valence-corrected chi connectivity index (χ1v) is 36.6. The van der Waals surface area contributed by atoms with Crippen LogP contribution in [0.3, 0.4) is 0 Å². The highest BCUT2D eigenvalue weighted by Gasteiger charge is 2.46. The Hall–Kier alpha value is -12.4. The molecule has 1 aromatic heterocycles. The molecule has 0 saturated carbocycles.